The number of carbonyl (C=O) groups is 1. The third kappa shape index (κ3) is 5.47. The molecule has 196 valence electrons. The van der Waals surface area contributed by atoms with Gasteiger partial charge in [-0.15, -0.1) is 11.3 Å². The number of thiazole rings is 1. The fraction of sp³-hybridized carbons (Fsp3) is 0.160. The van der Waals surface area contributed by atoms with Gasteiger partial charge in [0.05, 0.1) is 47.1 Å². The second-order valence-corrected chi connectivity index (χ2v) is 9.39. The number of methoxy groups -OCH3 is 1. The summed E-state index contributed by atoms with van der Waals surface area (Å²) in [5.74, 6) is -0.528. The third-order valence-electron chi connectivity index (χ3n) is 5.31. The quantitative estimate of drug-likeness (QED) is 0.258. The maximum atomic E-state index is 15.0. The van der Waals surface area contributed by atoms with Crippen LogP contribution in [0.3, 0.4) is 0 Å². The monoisotopic (exact) mass is 565 g/mol. The second kappa shape index (κ2) is 11.0. The van der Waals surface area contributed by atoms with E-state index >= 15 is 0 Å². The van der Waals surface area contributed by atoms with Crippen LogP contribution in [0.2, 0.25) is 5.02 Å². The molecule has 1 amide bonds. The molecule has 0 aliphatic heterocycles. The molecule has 3 heterocycles. The van der Waals surface area contributed by atoms with Gasteiger partial charge in [-0.1, -0.05) is 11.6 Å². The van der Waals surface area contributed by atoms with Crippen LogP contribution in [0.5, 0.6) is 11.6 Å². The Morgan fingerprint density at radius 1 is 1.13 bits per heavy atom. The highest BCUT2D eigenvalue weighted by molar-refractivity contribution is 7.21. The topological polar surface area (TPSA) is 145 Å². The van der Waals surface area contributed by atoms with Crippen LogP contribution >= 0.6 is 22.9 Å². The van der Waals surface area contributed by atoms with Crippen LogP contribution in [0, 0.1) is 24.1 Å². The highest BCUT2D eigenvalue weighted by Crippen LogP contribution is 2.40. The summed E-state index contributed by atoms with van der Waals surface area (Å²) in [4.78, 5) is 32.9. The van der Waals surface area contributed by atoms with Crippen LogP contribution in [-0.2, 0) is 4.74 Å². The smallest absolute Gasteiger partial charge is 0.411 e. The summed E-state index contributed by atoms with van der Waals surface area (Å²) in [6, 6.07) is 7.09. The number of nitrogens with one attached hydrogen (secondary N) is 1. The average molecular weight is 566 g/mol. The maximum absolute atomic E-state index is 15.0. The van der Waals surface area contributed by atoms with Crippen LogP contribution in [0.25, 0.3) is 31.8 Å². The predicted octanol–water partition coefficient (Wildman–Crippen LogP) is 5.31. The number of hydrogen-bond acceptors (Lipinski definition) is 11. The average Bonchev–Trinajstić information content (AvgIpc) is 3.37. The number of rotatable bonds is 7. The Kier molecular flexibility index (Phi) is 7.31. The number of aromatic nitrogens is 5. The lowest BCUT2D eigenvalue weighted by Gasteiger charge is -2.09. The molecule has 0 aliphatic rings. The Bertz CT molecular complexity index is 1760. The zero-order valence-corrected chi connectivity index (χ0v) is 21.9. The first-order valence-electron chi connectivity index (χ1n) is 11.2. The molecule has 0 aliphatic carbocycles. The van der Waals surface area contributed by atoms with E-state index in [0.717, 1.165) is 11.1 Å². The fourth-order valence-corrected chi connectivity index (χ4v) is 4.92. The van der Waals surface area contributed by atoms with E-state index in [1.807, 2.05) is 19.1 Å². The number of halogens is 2. The molecule has 2 aromatic carbocycles. The fourth-order valence-electron chi connectivity index (χ4n) is 3.60. The first-order valence-corrected chi connectivity index (χ1v) is 12.4. The van der Waals surface area contributed by atoms with E-state index in [-0.39, 0.29) is 41.0 Å². The summed E-state index contributed by atoms with van der Waals surface area (Å²) in [5, 5.41) is 11.5. The Morgan fingerprint density at radius 2 is 1.92 bits per heavy atom. The van der Waals surface area contributed by atoms with Crippen molar-refractivity contribution in [3.8, 4) is 28.3 Å². The number of ether oxygens (including phenoxy) is 3. The molecule has 0 atom stereocenters. The first kappa shape index (κ1) is 26.0. The van der Waals surface area contributed by atoms with Gasteiger partial charge < -0.3 is 14.2 Å². The molecular weight excluding hydrogens is 549 g/mol. The maximum Gasteiger partial charge on any atom is 0.411 e. The second-order valence-electron chi connectivity index (χ2n) is 7.98. The van der Waals surface area contributed by atoms with Crippen molar-refractivity contribution in [2.24, 2.45) is 0 Å². The van der Waals surface area contributed by atoms with E-state index < -0.39 is 11.9 Å². The molecule has 0 saturated heterocycles. The van der Waals surface area contributed by atoms with E-state index in [0.29, 0.717) is 26.6 Å². The number of fused-ring (bicyclic) bond motifs is 2. The van der Waals surface area contributed by atoms with Gasteiger partial charge in [0.25, 0.3) is 0 Å². The SMILES string of the molecule is COc1cnc2c(-c3nc4c(Cl)c(F)c(OCCOC(=O)Nc5cnc(C#N)nc5)cc4s3)cc(C)cc2n1. The molecule has 5 rings (SSSR count). The molecule has 1 N–H and O–H groups in total. The minimum Gasteiger partial charge on any atom is -0.487 e. The molecule has 0 radical (unpaired) electrons. The standard InChI is InChI=1S/C25H17ClFN7O4S/c1-12-5-14(22-15(6-12)33-19(36-2)11-31-22)24-34-23-17(39-24)7-16(21(27)20(23)26)37-3-4-38-25(35)32-13-9-29-18(8-28)30-10-13/h5-7,9-11H,3-4H2,1-2H3,(H,32,35). The van der Waals surface area contributed by atoms with Gasteiger partial charge in [0.2, 0.25) is 11.7 Å². The summed E-state index contributed by atoms with van der Waals surface area (Å²) >= 11 is 7.61. The van der Waals surface area contributed by atoms with Crippen molar-refractivity contribution in [3.05, 3.63) is 59.0 Å². The summed E-state index contributed by atoms with van der Waals surface area (Å²) < 4.78 is 31.3. The number of amides is 1. The number of nitriles is 1. The van der Waals surface area contributed by atoms with E-state index in [1.54, 1.807) is 6.07 Å². The zero-order chi connectivity index (χ0) is 27.5. The molecule has 11 nitrogen and oxygen atoms in total. The molecule has 5 aromatic rings. The van der Waals surface area contributed by atoms with Crippen LogP contribution in [0.15, 0.2) is 36.8 Å². The lowest BCUT2D eigenvalue weighted by atomic mass is 10.1. The molecule has 0 bridgehead atoms. The van der Waals surface area contributed by atoms with Gasteiger partial charge in [0.1, 0.15) is 34.8 Å². The number of carbonyl (C=O) groups excluding carboxylic acids is 1. The molecule has 0 fully saturated rings. The van der Waals surface area contributed by atoms with Crippen LogP contribution in [-0.4, -0.2) is 51.3 Å². The molecule has 0 saturated carbocycles. The van der Waals surface area contributed by atoms with Crippen LogP contribution in [0.1, 0.15) is 11.4 Å². The normalized spacial score (nSPS) is 10.8. The Hall–Kier alpha value is -4.67. The third-order valence-corrected chi connectivity index (χ3v) is 6.69. The highest BCUT2D eigenvalue weighted by Gasteiger charge is 2.20. The van der Waals surface area contributed by atoms with E-state index in [1.165, 1.54) is 43.1 Å². The first-order chi connectivity index (χ1) is 18.9. The van der Waals surface area contributed by atoms with Gasteiger partial charge >= 0.3 is 6.09 Å². The van der Waals surface area contributed by atoms with Crippen molar-refractivity contribution in [2.75, 3.05) is 25.6 Å². The number of benzene rings is 2. The zero-order valence-electron chi connectivity index (χ0n) is 20.4. The van der Waals surface area contributed by atoms with Gasteiger partial charge in [-0.05, 0) is 24.6 Å². The number of aryl methyl sites for hydroxylation is 1. The van der Waals surface area contributed by atoms with Crippen LogP contribution < -0.4 is 14.8 Å². The van der Waals surface area contributed by atoms with Crippen LogP contribution in [0.4, 0.5) is 14.9 Å². The van der Waals surface area contributed by atoms with E-state index in [2.05, 4.69) is 30.2 Å². The predicted molar refractivity (Wildman–Crippen MR) is 142 cm³/mol. The van der Waals surface area contributed by atoms with Gasteiger partial charge in [-0.25, -0.2) is 34.1 Å². The minimum atomic E-state index is -0.793. The lowest BCUT2D eigenvalue weighted by molar-refractivity contribution is 0.136. The van der Waals surface area contributed by atoms with Crippen molar-refractivity contribution in [1.29, 1.82) is 5.26 Å². The largest absolute Gasteiger partial charge is 0.487 e. The van der Waals surface area contributed by atoms with Crippen molar-refractivity contribution in [2.45, 2.75) is 6.92 Å². The number of nitrogens with zero attached hydrogens (tertiary/aromatic N) is 6. The summed E-state index contributed by atoms with van der Waals surface area (Å²) in [6.07, 6.45) is 3.26. The van der Waals surface area contributed by atoms with Crippen molar-refractivity contribution < 1.29 is 23.4 Å². The van der Waals surface area contributed by atoms with Crippen molar-refractivity contribution in [3.63, 3.8) is 0 Å². The molecule has 39 heavy (non-hydrogen) atoms. The summed E-state index contributed by atoms with van der Waals surface area (Å²) in [7, 11) is 1.52. The lowest BCUT2D eigenvalue weighted by Crippen LogP contribution is -2.18. The van der Waals surface area contributed by atoms with Crippen molar-refractivity contribution in [1.82, 2.24) is 24.9 Å². The Labute approximate surface area is 229 Å². The Morgan fingerprint density at radius 3 is 2.67 bits per heavy atom. The minimum absolute atomic E-state index is 0.0328. The van der Waals surface area contributed by atoms with Gasteiger partial charge in [-0.2, -0.15) is 5.26 Å². The summed E-state index contributed by atoms with van der Waals surface area (Å²) in [5.41, 5.74) is 3.47. The van der Waals surface area contributed by atoms with Gasteiger partial charge in [0, 0.05) is 11.6 Å². The molecule has 0 unspecified atom stereocenters. The Balaban J connectivity index is 1.31. The summed E-state index contributed by atoms with van der Waals surface area (Å²) in [6.45, 7) is 1.61. The number of anilines is 1. The molecule has 14 heteroatoms. The molecule has 0 spiro atoms. The molecule has 3 aromatic heterocycles. The van der Waals surface area contributed by atoms with Crippen molar-refractivity contribution >= 4 is 56.0 Å². The number of hydrogen-bond donors (Lipinski definition) is 1. The highest BCUT2D eigenvalue weighted by atomic mass is 35.5. The van der Waals surface area contributed by atoms with Gasteiger partial charge in [0.15, 0.2) is 11.6 Å². The molecular formula is C25H17ClFN7O4S. The van der Waals surface area contributed by atoms with Gasteiger partial charge in [-0.3, -0.25) is 5.32 Å². The van der Waals surface area contributed by atoms with E-state index in [9.17, 15) is 9.18 Å². The van der Waals surface area contributed by atoms with E-state index in [4.69, 9.17) is 31.1 Å².